The second-order valence-corrected chi connectivity index (χ2v) is 8.46. The summed E-state index contributed by atoms with van der Waals surface area (Å²) in [7, 11) is 0. The Kier molecular flexibility index (Phi) is 8.07. The van der Waals surface area contributed by atoms with Crippen LogP contribution in [0.15, 0.2) is 42.5 Å². The van der Waals surface area contributed by atoms with Gasteiger partial charge in [-0.05, 0) is 71.3 Å². The van der Waals surface area contributed by atoms with Crippen molar-refractivity contribution in [1.82, 2.24) is 0 Å². The summed E-state index contributed by atoms with van der Waals surface area (Å²) in [5.41, 5.74) is 12.3. The van der Waals surface area contributed by atoms with E-state index in [2.05, 4.69) is 85.1 Å². The molecule has 0 fully saturated rings. The van der Waals surface area contributed by atoms with Gasteiger partial charge in [0.25, 0.3) is 0 Å². The Balaban J connectivity index is 2.36. The third-order valence-corrected chi connectivity index (χ3v) is 5.25. The van der Waals surface area contributed by atoms with Crippen LogP contribution in [-0.4, -0.2) is 4.43 Å². The molecule has 2 aromatic rings. The number of hydrogen-bond acceptors (Lipinski definition) is 2. The Labute approximate surface area is 166 Å². The number of benzene rings is 2. The predicted molar refractivity (Wildman–Crippen MR) is 120 cm³/mol. The molecule has 3 N–H and O–H groups in total. The minimum Gasteiger partial charge on any atom is -0.397 e. The quantitative estimate of drug-likeness (QED) is 0.257. The van der Waals surface area contributed by atoms with Crippen molar-refractivity contribution >= 4 is 39.7 Å². The zero-order valence-corrected chi connectivity index (χ0v) is 17.8. The lowest BCUT2D eigenvalue weighted by Gasteiger charge is -2.21. The van der Waals surface area contributed by atoms with Crippen molar-refractivity contribution in [3.05, 3.63) is 53.6 Å². The summed E-state index contributed by atoms with van der Waals surface area (Å²) in [5, 5.41) is 3.58. The molecule has 0 aliphatic carbocycles. The average Bonchev–Trinajstić information content (AvgIpc) is 2.58. The Morgan fingerprint density at radius 2 is 1.72 bits per heavy atom. The van der Waals surface area contributed by atoms with Crippen molar-refractivity contribution in [3.8, 4) is 0 Å². The summed E-state index contributed by atoms with van der Waals surface area (Å²) in [5.74, 6) is 1.38. The molecule has 0 heterocycles. The maximum Gasteiger partial charge on any atom is 0.0653 e. The molecular formula is C22H31IN2. The van der Waals surface area contributed by atoms with Gasteiger partial charge in [0.05, 0.1) is 11.4 Å². The summed E-state index contributed by atoms with van der Waals surface area (Å²) < 4.78 is 1.21. The second-order valence-electron chi connectivity index (χ2n) is 7.38. The molecule has 0 aromatic heterocycles. The van der Waals surface area contributed by atoms with Gasteiger partial charge in [0.2, 0.25) is 0 Å². The lowest BCUT2D eigenvalue weighted by molar-refractivity contribution is 0.557. The first-order valence-corrected chi connectivity index (χ1v) is 10.8. The third kappa shape index (κ3) is 6.21. The first-order chi connectivity index (χ1) is 12.0. The molecule has 0 saturated carbocycles. The Morgan fingerprint density at radius 1 is 1.00 bits per heavy atom. The van der Waals surface area contributed by atoms with Crippen LogP contribution >= 0.6 is 22.6 Å². The standard InChI is InChI=1S/C22H31IN2/c1-16(2)9-11-20-18(15-17(3)13-14-23)10-12-21(24)22(20)25-19-7-5-4-6-8-19/h4-8,10,12,16-17,25H,9,11,13-15,24H2,1-3H3. The van der Waals surface area contributed by atoms with E-state index in [0.717, 1.165) is 29.9 Å². The fourth-order valence-electron chi connectivity index (χ4n) is 3.10. The van der Waals surface area contributed by atoms with E-state index in [0.29, 0.717) is 11.8 Å². The van der Waals surface area contributed by atoms with Crippen LogP contribution in [0.4, 0.5) is 17.1 Å². The first kappa shape index (κ1) is 20.1. The summed E-state index contributed by atoms with van der Waals surface area (Å²) in [6, 6.07) is 14.6. The zero-order chi connectivity index (χ0) is 18.2. The Hall–Kier alpha value is -1.23. The largest absolute Gasteiger partial charge is 0.397 e. The van der Waals surface area contributed by atoms with Crippen molar-refractivity contribution in [3.63, 3.8) is 0 Å². The molecule has 1 atom stereocenters. The maximum absolute atomic E-state index is 6.37. The van der Waals surface area contributed by atoms with Gasteiger partial charge in [-0.15, -0.1) is 0 Å². The zero-order valence-electron chi connectivity index (χ0n) is 15.7. The SMILES string of the molecule is CC(C)CCc1c(CC(C)CCI)ccc(N)c1Nc1ccccc1. The van der Waals surface area contributed by atoms with Gasteiger partial charge in [-0.1, -0.05) is 67.6 Å². The van der Waals surface area contributed by atoms with Gasteiger partial charge < -0.3 is 11.1 Å². The van der Waals surface area contributed by atoms with Crippen LogP contribution in [-0.2, 0) is 12.8 Å². The van der Waals surface area contributed by atoms with Gasteiger partial charge in [0.1, 0.15) is 0 Å². The number of rotatable bonds is 9. The maximum atomic E-state index is 6.37. The highest BCUT2D eigenvalue weighted by Gasteiger charge is 2.15. The smallest absolute Gasteiger partial charge is 0.0653 e. The summed E-state index contributed by atoms with van der Waals surface area (Å²) in [4.78, 5) is 0. The average molecular weight is 450 g/mol. The molecule has 3 heteroatoms. The van der Waals surface area contributed by atoms with Crippen LogP contribution in [0.1, 0.15) is 44.7 Å². The summed E-state index contributed by atoms with van der Waals surface area (Å²) in [6.07, 6.45) is 4.64. The highest BCUT2D eigenvalue weighted by Crippen LogP contribution is 2.33. The van der Waals surface area contributed by atoms with Crippen molar-refractivity contribution in [2.75, 3.05) is 15.5 Å². The van der Waals surface area contributed by atoms with Crippen molar-refractivity contribution in [2.45, 2.75) is 46.5 Å². The summed E-state index contributed by atoms with van der Waals surface area (Å²) >= 11 is 2.47. The molecule has 136 valence electrons. The fraction of sp³-hybridized carbons (Fsp3) is 0.455. The van der Waals surface area contributed by atoms with Crippen LogP contribution in [0.5, 0.6) is 0 Å². The molecule has 25 heavy (non-hydrogen) atoms. The number of para-hydroxylation sites is 1. The van der Waals surface area contributed by atoms with E-state index in [1.165, 1.54) is 28.4 Å². The fourth-order valence-corrected chi connectivity index (χ4v) is 4.16. The molecule has 2 aromatic carbocycles. The van der Waals surface area contributed by atoms with E-state index < -0.39 is 0 Å². The molecule has 0 amide bonds. The topological polar surface area (TPSA) is 38.0 Å². The lowest BCUT2D eigenvalue weighted by atomic mass is 9.90. The molecule has 1 unspecified atom stereocenters. The van der Waals surface area contributed by atoms with E-state index in [9.17, 15) is 0 Å². The number of nitrogens with one attached hydrogen (secondary N) is 1. The molecule has 0 bridgehead atoms. The van der Waals surface area contributed by atoms with Crippen LogP contribution < -0.4 is 11.1 Å². The minimum absolute atomic E-state index is 0.686. The highest BCUT2D eigenvalue weighted by molar-refractivity contribution is 14.1. The van der Waals surface area contributed by atoms with E-state index in [4.69, 9.17) is 5.73 Å². The minimum atomic E-state index is 0.686. The van der Waals surface area contributed by atoms with E-state index in [1.807, 2.05) is 6.07 Å². The van der Waals surface area contributed by atoms with Crippen molar-refractivity contribution in [2.24, 2.45) is 11.8 Å². The molecule has 0 saturated heterocycles. The van der Waals surface area contributed by atoms with E-state index in [-0.39, 0.29) is 0 Å². The highest BCUT2D eigenvalue weighted by atomic mass is 127. The first-order valence-electron chi connectivity index (χ1n) is 9.29. The van der Waals surface area contributed by atoms with E-state index >= 15 is 0 Å². The number of halogens is 1. The number of alkyl halides is 1. The molecule has 0 radical (unpaired) electrons. The Morgan fingerprint density at radius 3 is 2.36 bits per heavy atom. The molecule has 0 aliphatic heterocycles. The number of nitrogens with two attached hydrogens (primary N) is 1. The third-order valence-electron chi connectivity index (χ3n) is 4.63. The molecule has 0 aliphatic rings. The number of hydrogen-bond donors (Lipinski definition) is 2. The van der Waals surface area contributed by atoms with Crippen molar-refractivity contribution < 1.29 is 0 Å². The molecule has 2 nitrogen and oxygen atoms in total. The van der Waals surface area contributed by atoms with Gasteiger partial charge in [-0.3, -0.25) is 0 Å². The summed E-state index contributed by atoms with van der Waals surface area (Å²) in [6.45, 7) is 6.93. The predicted octanol–water partition coefficient (Wildman–Crippen LogP) is 6.60. The lowest BCUT2D eigenvalue weighted by Crippen LogP contribution is -2.09. The number of anilines is 3. The van der Waals surface area contributed by atoms with Gasteiger partial charge in [0, 0.05) is 5.69 Å². The van der Waals surface area contributed by atoms with Crippen LogP contribution in [0, 0.1) is 11.8 Å². The molecule has 2 rings (SSSR count). The van der Waals surface area contributed by atoms with Gasteiger partial charge in [0.15, 0.2) is 0 Å². The van der Waals surface area contributed by atoms with Crippen LogP contribution in [0.25, 0.3) is 0 Å². The normalized spacial score (nSPS) is 12.4. The Bertz CT molecular complexity index is 653. The van der Waals surface area contributed by atoms with Crippen LogP contribution in [0.2, 0.25) is 0 Å². The van der Waals surface area contributed by atoms with Crippen LogP contribution in [0.3, 0.4) is 0 Å². The van der Waals surface area contributed by atoms with Gasteiger partial charge in [-0.2, -0.15) is 0 Å². The van der Waals surface area contributed by atoms with Gasteiger partial charge >= 0.3 is 0 Å². The molecule has 0 spiro atoms. The van der Waals surface area contributed by atoms with Crippen molar-refractivity contribution in [1.29, 1.82) is 0 Å². The molecular weight excluding hydrogens is 419 g/mol. The van der Waals surface area contributed by atoms with Gasteiger partial charge in [-0.25, -0.2) is 0 Å². The van der Waals surface area contributed by atoms with E-state index in [1.54, 1.807) is 0 Å². The number of nitrogen functional groups attached to an aromatic ring is 1. The second kappa shape index (κ2) is 10.0. The monoisotopic (exact) mass is 450 g/mol.